The van der Waals surface area contributed by atoms with Crippen molar-refractivity contribution in [2.24, 2.45) is 0 Å². The van der Waals surface area contributed by atoms with E-state index >= 15 is 0 Å². The molecule has 2 unspecified atom stereocenters. The van der Waals surface area contributed by atoms with Gasteiger partial charge in [-0.05, 0) is 37.0 Å². The minimum absolute atomic E-state index is 0.386. The molecule has 2 aliphatic rings. The molecule has 0 spiro atoms. The van der Waals surface area contributed by atoms with E-state index in [-0.39, 0.29) is 0 Å². The summed E-state index contributed by atoms with van der Waals surface area (Å²) in [7, 11) is 1.74. The van der Waals surface area contributed by atoms with Gasteiger partial charge in [0.05, 0.1) is 7.11 Å². The maximum Gasteiger partial charge on any atom is 0.414 e. The van der Waals surface area contributed by atoms with E-state index in [0.717, 1.165) is 18.3 Å². The summed E-state index contributed by atoms with van der Waals surface area (Å²) in [5, 5.41) is 18.4. The van der Waals surface area contributed by atoms with Crippen LogP contribution in [0.2, 0.25) is 0 Å². The summed E-state index contributed by atoms with van der Waals surface area (Å²) in [6.07, 6.45) is 5.34. The number of rotatable bonds is 2. The third-order valence-corrected chi connectivity index (χ3v) is 4.44. The van der Waals surface area contributed by atoms with Crippen LogP contribution in [0.15, 0.2) is 24.3 Å². The Morgan fingerprint density at radius 3 is 2.68 bits per heavy atom. The fraction of sp³-hybridized carbons (Fsp3) is 0.500. The Balaban J connectivity index is 0.000000254. The Morgan fingerprint density at radius 1 is 1.32 bits per heavy atom. The molecule has 1 aromatic carbocycles. The van der Waals surface area contributed by atoms with Crippen molar-refractivity contribution in [3.8, 4) is 5.75 Å². The van der Waals surface area contributed by atoms with E-state index in [9.17, 15) is 0 Å². The molecule has 2 fully saturated rings. The first-order valence-corrected chi connectivity index (χ1v) is 7.31. The fourth-order valence-electron chi connectivity index (χ4n) is 3.35. The van der Waals surface area contributed by atoms with Gasteiger partial charge in [0.15, 0.2) is 0 Å². The molecule has 1 aliphatic carbocycles. The van der Waals surface area contributed by atoms with Gasteiger partial charge >= 0.3 is 11.9 Å². The van der Waals surface area contributed by atoms with E-state index < -0.39 is 11.9 Å². The second-order valence-corrected chi connectivity index (χ2v) is 5.80. The van der Waals surface area contributed by atoms with Crippen LogP contribution in [0.5, 0.6) is 5.75 Å². The predicted octanol–water partition coefficient (Wildman–Crippen LogP) is 1.63. The molecule has 22 heavy (non-hydrogen) atoms. The summed E-state index contributed by atoms with van der Waals surface area (Å²) in [6, 6.07) is 9.38. The lowest BCUT2D eigenvalue weighted by Crippen LogP contribution is -2.29. The van der Waals surface area contributed by atoms with Gasteiger partial charge < -0.3 is 20.3 Å². The smallest absolute Gasteiger partial charge is 0.414 e. The van der Waals surface area contributed by atoms with Crippen LogP contribution in [-0.4, -0.2) is 41.8 Å². The van der Waals surface area contributed by atoms with Crippen LogP contribution in [0.1, 0.15) is 31.2 Å². The largest absolute Gasteiger partial charge is 0.497 e. The fourth-order valence-corrected chi connectivity index (χ4v) is 3.35. The minimum atomic E-state index is -1.82. The number of methoxy groups -OCH3 is 1. The number of ether oxygens (including phenoxy) is 1. The second-order valence-electron chi connectivity index (χ2n) is 5.80. The Labute approximate surface area is 129 Å². The van der Waals surface area contributed by atoms with Crippen LogP contribution in [0, 0.1) is 0 Å². The van der Waals surface area contributed by atoms with E-state index in [4.69, 9.17) is 24.5 Å². The van der Waals surface area contributed by atoms with Gasteiger partial charge in [0.2, 0.25) is 0 Å². The molecular weight excluding hydrogens is 286 g/mol. The van der Waals surface area contributed by atoms with Crippen molar-refractivity contribution in [3.63, 3.8) is 0 Å². The highest BCUT2D eigenvalue weighted by Gasteiger charge is 2.42. The molecule has 0 amide bonds. The Hall–Kier alpha value is -2.08. The number of benzene rings is 1. The van der Waals surface area contributed by atoms with Gasteiger partial charge in [-0.25, -0.2) is 9.59 Å². The molecule has 3 N–H and O–H groups in total. The number of hydrogen-bond donors (Lipinski definition) is 3. The molecule has 6 nitrogen and oxygen atoms in total. The zero-order chi connectivity index (χ0) is 16.2. The van der Waals surface area contributed by atoms with Crippen molar-refractivity contribution in [2.75, 3.05) is 13.7 Å². The third-order valence-electron chi connectivity index (χ3n) is 4.44. The average molecular weight is 307 g/mol. The summed E-state index contributed by atoms with van der Waals surface area (Å²) < 4.78 is 5.33. The summed E-state index contributed by atoms with van der Waals surface area (Å²) >= 11 is 0. The van der Waals surface area contributed by atoms with Crippen LogP contribution in [0.25, 0.3) is 0 Å². The van der Waals surface area contributed by atoms with E-state index in [1.54, 1.807) is 7.11 Å². The number of hydrogen-bond acceptors (Lipinski definition) is 4. The number of carboxylic acids is 2. The highest BCUT2D eigenvalue weighted by Crippen LogP contribution is 2.43. The quantitative estimate of drug-likeness (QED) is 0.719. The summed E-state index contributed by atoms with van der Waals surface area (Å²) in [4.78, 5) is 18.2. The SMILES string of the molecule is COc1cccc(C23CCCC(C2)NC3)c1.O=C(O)C(=O)O. The molecule has 120 valence electrons. The predicted molar refractivity (Wildman–Crippen MR) is 80.2 cm³/mol. The lowest BCUT2D eigenvalue weighted by molar-refractivity contribution is -0.159. The standard InChI is InChI=1S/C14H19NO.C2H2O4/c1-16-13-6-2-4-11(8-13)14-7-3-5-12(9-14)15-10-14;3-1(4)2(5)6/h2,4,6,8,12,15H,3,5,7,9-10H2,1H3;(H,3,4)(H,5,6). The van der Waals surface area contributed by atoms with Crippen LogP contribution >= 0.6 is 0 Å². The molecule has 1 saturated carbocycles. The number of aliphatic carboxylic acids is 2. The summed E-state index contributed by atoms with van der Waals surface area (Å²) in [5.41, 5.74) is 1.85. The number of nitrogens with one attached hydrogen (secondary N) is 1. The molecule has 6 heteroatoms. The van der Waals surface area contributed by atoms with Gasteiger partial charge in [-0.3, -0.25) is 0 Å². The number of carboxylic acid groups (broad SMARTS) is 2. The van der Waals surface area contributed by atoms with Gasteiger partial charge in [-0.2, -0.15) is 0 Å². The number of carbonyl (C=O) groups is 2. The second kappa shape index (κ2) is 6.79. The van der Waals surface area contributed by atoms with Crippen molar-refractivity contribution in [2.45, 2.75) is 37.1 Å². The normalized spacial score (nSPS) is 25.8. The van der Waals surface area contributed by atoms with Crippen molar-refractivity contribution in [1.29, 1.82) is 0 Å². The Morgan fingerprint density at radius 2 is 2.05 bits per heavy atom. The van der Waals surface area contributed by atoms with Gasteiger partial charge in [0, 0.05) is 18.0 Å². The average Bonchev–Trinajstić information content (AvgIpc) is 2.83. The van der Waals surface area contributed by atoms with Crippen LogP contribution in [0.4, 0.5) is 0 Å². The van der Waals surface area contributed by atoms with E-state index in [0.29, 0.717) is 5.41 Å². The minimum Gasteiger partial charge on any atom is -0.497 e. The first kappa shape index (κ1) is 16.3. The zero-order valence-electron chi connectivity index (χ0n) is 12.5. The van der Waals surface area contributed by atoms with E-state index in [1.165, 1.54) is 31.2 Å². The molecule has 1 aliphatic heterocycles. The number of fused-ring (bicyclic) bond motifs is 2. The molecule has 2 bridgehead atoms. The van der Waals surface area contributed by atoms with Gasteiger partial charge in [-0.1, -0.05) is 18.6 Å². The highest BCUT2D eigenvalue weighted by molar-refractivity contribution is 6.27. The molecular formula is C16H21NO5. The van der Waals surface area contributed by atoms with E-state index in [2.05, 4.69) is 23.5 Å². The van der Waals surface area contributed by atoms with Crippen LogP contribution in [-0.2, 0) is 15.0 Å². The van der Waals surface area contributed by atoms with E-state index in [1.807, 2.05) is 6.07 Å². The lowest BCUT2D eigenvalue weighted by Gasteiger charge is -2.32. The van der Waals surface area contributed by atoms with Crippen molar-refractivity contribution >= 4 is 11.9 Å². The molecule has 3 rings (SSSR count). The topological polar surface area (TPSA) is 95.9 Å². The molecule has 0 aromatic heterocycles. The van der Waals surface area contributed by atoms with Crippen LogP contribution < -0.4 is 10.1 Å². The first-order chi connectivity index (χ1) is 10.5. The lowest BCUT2D eigenvalue weighted by atomic mass is 9.71. The van der Waals surface area contributed by atoms with Crippen LogP contribution in [0.3, 0.4) is 0 Å². The Kier molecular flexibility index (Phi) is 5.03. The summed E-state index contributed by atoms with van der Waals surface area (Å²) in [5.74, 6) is -2.66. The molecule has 1 saturated heterocycles. The monoisotopic (exact) mass is 307 g/mol. The maximum absolute atomic E-state index is 9.10. The molecule has 2 atom stereocenters. The van der Waals surface area contributed by atoms with Gasteiger partial charge in [-0.15, -0.1) is 0 Å². The summed E-state index contributed by atoms with van der Waals surface area (Å²) in [6.45, 7) is 1.14. The molecule has 1 aromatic rings. The highest BCUT2D eigenvalue weighted by atomic mass is 16.5. The molecule has 1 heterocycles. The van der Waals surface area contributed by atoms with Crippen molar-refractivity contribution < 1.29 is 24.5 Å². The van der Waals surface area contributed by atoms with Gasteiger partial charge in [0.25, 0.3) is 0 Å². The van der Waals surface area contributed by atoms with Gasteiger partial charge in [0.1, 0.15) is 5.75 Å². The zero-order valence-corrected chi connectivity index (χ0v) is 12.5. The molecule has 0 radical (unpaired) electrons. The Bertz CT molecular complexity index is 543. The van der Waals surface area contributed by atoms with Crippen molar-refractivity contribution in [1.82, 2.24) is 5.32 Å². The maximum atomic E-state index is 9.10. The first-order valence-electron chi connectivity index (χ1n) is 7.31. The third kappa shape index (κ3) is 3.57. The van der Waals surface area contributed by atoms with Crippen molar-refractivity contribution in [3.05, 3.63) is 29.8 Å².